The minimum absolute atomic E-state index is 0.172. The van der Waals surface area contributed by atoms with E-state index in [9.17, 15) is 4.79 Å². The van der Waals surface area contributed by atoms with Gasteiger partial charge < -0.3 is 9.47 Å². The number of benzene rings is 3. The Morgan fingerprint density at radius 2 is 1.42 bits per heavy atom. The van der Waals surface area contributed by atoms with Gasteiger partial charge in [0.1, 0.15) is 11.5 Å². The molecule has 166 valence electrons. The van der Waals surface area contributed by atoms with Crippen molar-refractivity contribution in [1.82, 2.24) is 9.78 Å². The van der Waals surface area contributed by atoms with Gasteiger partial charge in [0.15, 0.2) is 0 Å². The third-order valence-corrected chi connectivity index (χ3v) is 5.53. The first kappa shape index (κ1) is 22.4. The van der Waals surface area contributed by atoms with Gasteiger partial charge in [-0.1, -0.05) is 60.2 Å². The van der Waals surface area contributed by atoms with Gasteiger partial charge in [-0.05, 0) is 53.1 Å². The lowest BCUT2D eigenvalue weighted by atomic mass is 9.97. The summed E-state index contributed by atoms with van der Waals surface area (Å²) in [6, 6.07) is 22.5. The van der Waals surface area contributed by atoms with Crippen molar-refractivity contribution in [2.75, 3.05) is 14.2 Å². The Morgan fingerprint density at radius 3 is 2.00 bits per heavy atom. The number of ether oxygens (including phenoxy) is 2. The van der Waals surface area contributed by atoms with Crippen LogP contribution in [0.15, 0.2) is 89.9 Å². The van der Waals surface area contributed by atoms with Crippen LogP contribution in [-0.2, 0) is 6.54 Å². The summed E-state index contributed by atoms with van der Waals surface area (Å²) in [5.74, 6) is 1.48. The highest BCUT2D eigenvalue weighted by Crippen LogP contribution is 2.31. The summed E-state index contributed by atoms with van der Waals surface area (Å²) in [6.07, 6.45) is 5.58. The second kappa shape index (κ2) is 10.2. The van der Waals surface area contributed by atoms with Crippen molar-refractivity contribution < 1.29 is 9.47 Å². The molecule has 0 aliphatic rings. The van der Waals surface area contributed by atoms with Crippen LogP contribution >= 0.6 is 11.6 Å². The molecular formula is C27H23ClN2O3. The minimum Gasteiger partial charge on any atom is -0.497 e. The molecule has 0 aliphatic carbocycles. The number of nitrogens with zero attached hydrogens (tertiary/aromatic N) is 2. The Morgan fingerprint density at radius 1 is 0.848 bits per heavy atom. The molecule has 0 bridgehead atoms. The van der Waals surface area contributed by atoms with Crippen molar-refractivity contribution in [3.63, 3.8) is 0 Å². The van der Waals surface area contributed by atoms with Crippen molar-refractivity contribution in [3.05, 3.63) is 106 Å². The summed E-state index contributed by atoms with van der Waals surface area (Å²) in [5, 5.41) is 5.12. The molecular weight excluding hydrogens is 436 g/mol. The number of hydrogen-bond acceptors (Lipinski definition) is 4. The van der Waals surface area contributed by atoms with E-state index < -0.39 is 0 Å². The van der Waals surface area contributed by atoms with Crippen LogP contribution in [0.25, 0.3) is 28.3 Å². The zero-order valence-corrected chi connectivity index (χ0v) is 19.1. The fraction of sp³-hybridized carbons (Fsp3) is 0.111. The highest BCUT2D eigenvalue weighted by molar-refractivity contribution is 6.30. The maximum atomic E-state index is 13.5. The molecule has 1 aromatic heterocycles. The van der Waals surface area contributed by atoms with E-state index in [1.807, 2.05) is 84.9 Å². The molecule has 0 atom stereocenters. The molecule has 0 fully saturated rings. The van der Waals surface area contributed by atoms with Gasteiger partial charge in [0.2, 0.25) is 0 Å². The number of rotatable bonds is 7. The van der Waals surface area contributed by atoms with Gasteiger partial charge in [0.05, 0.1) is 32.5 Å². The SMILES string of the molecule is COc1ccc(-c2cnn(C/C=C/c3ccc(Cl)cc3)c(=O)c2-c2ccc(OC)cc2)cc1. The van der Waals surface area contributed by atoms with E-state index in [1.54, 1.807) is 20.4 Å². The summed E-state index contributed by atoms with van der Waals surface area (Å²) in [6.45, 7) is 0.341. The van der Waals surface area contributed by atoms with Crippen molar-refractivity contribution >= 4 is 17.7 Å². The van der Waals surface area contributed by atoms with Gasteiger partial charge >= 0.3 is 0 Å². The molecule has 4 rings (SSSR count). The van der Waals surface area contributed by atoms with Crippen molar-refractivity contribution in [3.8, 4) is 33.8 Å². The fourth-order valence-corrected chi connectivity index (χ4v) is 3.63. The zero-order valence-electron chi connectivity index (χ0n) is 18.4. The van der Waals surface area contributed by atoms with Crippen molar-refractivity contribution in [2.24, 2.45) is 0 Å². The molecule has 1 heterocycles. The van der Waals surface area contributed by atoms with E-state index in [0.717, 1.165) is 33.8 Å². The Bertz CT molecular complexity index is 1310. The topological polar surface area (TPSA) is 53.4 Å². The second-order valence-electron chi connectivity index (χ2n) is 7.33. The largest absolute Gasteiger partial charge is 0.497 e. The van der Waals surface area contributed by atoms with Gasteiger partial charge in [0, 0.05) is 10.6 Å². The van der Waals surface area contributed by atoms with Crippen molar-refractivity contribution in [2.45, 2.75) is 6.54 Å². The van der Waals surface area contributed by atoms with Gasteiger partial charge in [-0.15, -0.1) is 0 Å². The van der Waals surface area contributed by atoms with Crippen LogP contribution < -0.4 is 15.0 Å². The van der Waals surface area contributed by atoms with E-state index in [4.69, 9.17) is 21.1 Å². The molecule has 33 heavy (non-hydrogen) atoms. The number of hydrogen-bond donors (Lipinski definition) is 0. The molecule has 0 spiro atoms. The number of allylic oxidation sites excluding steroid dienone is 1. The highest BCUT2D eigenvalue weighted by atomic mass is 35.5. The van der Waals surface area contributed by atoms with Crippen LogP contribution in [0.2, 0.25) is 5.02 Å². The summed E-state index contributed by atoms with van der Waals surface area (Å²) in [7, 11) is 3.24. The second-order valence-corrected chi connectivity index (χ2v) is 7.77. The van der Waals surface area contributed by atoms with E-state index in [2.05, 4.69) is 5.10 Å². The van der Waals surface area contributed by atoms with E-state index in [1.165, 1.54) is 4.68 Å². The highest BCUT2D eigenvalue weighted by Gasteiger charge is 2.15. The number of methoxy groups -OCH3 is 2. The third kappa shape index (κ3) is 5.16. The van der Waals surface area contributed by atoms with Crippen LogP contribution in [0, 0.1) is 0 Å². The molecule has 5 nitrogen and oxygen atoms in total. The Balaban J connectivity index is 1.74. The van der Waals surface area contributed by atoms with Gasteiger partial charge in [-0.25, -0.2) is 4.68 Å². The Labute approximate surface area is 197 Å². The molecule has 0 aliphatic heterocycles. The predicted octanol–water partition coefficient (Wildman–Crippen LogP) is 5.96. The molecule has 0 unspecified atom stereocenters. The predicted molar refractivity (Wildman–Crippen MR) is 133 cm³/mol. The number of aromatic nitrogens is 2. The average Bonchev–Trinajstić information content (AvgIpc) is 2.86. The van der Waals surface area contributed by atoms with Gasteiger partial charge in [-0.3, -0.25) is 4.79 Å². The van der Waals surface area contributed by atoms with E-state index in [-0.39, 0.29) is 5.56 Å². The lowest BCUT2D eigenvalue weighted by Gasteiger charge is -2.13. The maximum Gasteiger partial charge on any atom is 0.275 e. The summed E-state index contributed by atoms with van der Waals surface area (Å²) in [4.78, 5) is 13.5. The van der Waals surface area contributed by atoms with Crippen LogP contribution in [-0.4, -0.2) is 24.0 Å². The van der Waals surface area contributed by atoms with E-state index in [0.29, 0.717) is 17.1 Å². The lowest BCUT2D eigenvalue weighted by Crippen LogP contribution is -2.24. The Kier molecular flexibility index (Phi) is 6.91. The normalized spacial score (nSPS) is 11.0. The molecule has 4 aromatic rings. The third-order valence-electron chi connectivity index (χ3n) is 5.28. The first-order valence-electron chi connectivity index (χ1n) is 10.4. The average molecular weight is 459 g/mol. The van der Waals surface area contributed by atoms with E-state index >= 15 is 0 Å². The Hall–Kier alpha value is -3.83. The van der Waals surface area contributed by atoms with Crippen LogP contribution in [0.1, 0.15) is 5.56 Å². The fourth-order valence-electron chi connectivity index (χ4n) is 3.51. The molecule has 0 N–H and O–H groups in total. The smallest absolute Gasteiger partial charge is 0.275 e. The van der Waals surface area contributed by atoms with Crippen molar-refractivity contribution in [1.29, 1.82) is 0 Å². The minimum atomic E-state index is -0.172. The molecule has 3 aromatic carbocycles. The quantitative estimate of drug-likeness (QED) is 0.343. The molecule has 6 heteroatoms. The first-order valence-corrected chi connectivity index (χ1v) is 10.8. The van der Waals surface area contributed by atoms with Crippen LogP contribution in [0.4, 0.5) is 0 Å². The summed E-state index contributed by atoms with van der Waals surface area (Å²) < 4.78 is 12.0. The summed E-state index contributed by atoms with van der Waals surface area (Å²) >= 11 is 5.94. The number of halogens is 1. The van der Waals surface area contributed by atoms with Crippen LogP contribution in [0.3, 0.4) is 0 Å². The maximum absolute atomic E-state index is 13.5. The van der Waals surface area contributed by atoms with Gasteiger partial charge in [-0.2, -0.15) is 5.10 Å². The molecule has 0 radical (unpaired) electrons. The van der Waals surface area contributed by atoms with Gasteiger partial charge in [0.25, 0.3) is 5.56 Å². The molecule has 0 saturated heterocycles. The first-order chi connectivity index (χ1) is 16.1. The molecule has 0 saturated carbocycles. The lowest BCUT2D eigenvalue weighted by molar-refractivity contribution is 0.414. The standard InChI is InChI=1S/C27H23ClN2O3/c1-32-23-13-7-20(8-14-23)25-18-29-30(17-3-4-19-5-11-22(28)12-6-19)27(31)26(25)21-9-15-24(33-2)16-10-21/h3-16,18H,17H2,1-2H3/b4-3+. The zero-order chi connectivity index (χ0) is 23.2. The molecule has 0 amide bonds. The summed E-state index contributed by atoms with van der Waals surface area (Å²) in [5.41, 5.74) is 3.84. The van der Waals surface area contributed by atoms with Crippen LogP contribution in [0.5, 0.6) is 11.5 Å². The monoisotopic (exact) mass is 458 g/mol.